The third-order valence-corrected chi connectivity index (χ3v) is 3.79. The van der Waals surface area contributed by atoms with Crippen LogP contribution >= 0.6 is 23.2 Å². The SMILES string of the molecule is Cc1ccc(CC(=O)Nc2c(Cl)cccc2Cl)cc1C. The molecular formula is C16H15Cl2NO. The molecule has 0 atom stereocenters. The smallest absolute Gasteiger partial charge is 0.228 e. The van der Waals surface area contributed by atoms with Gasteiger partial charge in [0, 0.05) is 0 Å². The number of carbonyl (C=O) groups excluding carboxylic acids is 1. The van der Waals surface area contributed by atoms with Gasteiger partial charge >= 0.3 is 0 Å². The monoisotopic (exact) mass is 307 g/mol. The van der Waals surface area contributed by atoms with E-state index in [9.17, 15) is 4.79 Å². The molecule has 0 heterocycles. The van der Waals surface area contributed by atoms with Crippen molar-refractivity contribution in [3.8, 4) is 0 Å². The van der Waals surface area contributed by atoms with Crippen LogP contribution in [0.15, 0.2) is 36.4 Å². The first-order valence-corrected chi connectivity index (χ1v) is 7.03. The molecule has 1 amide bonds. The van der Waals surface area contributed by atoms with Gasteiger partial charge in [-0.2, -0.15) is 0 Å². The van der Waals surface area contributed by atoms with Crippen LogP contribution < -0.4 is 5.32 Å². The second kappa shape index (κ2) is 6.29. The Kier molecular flexibility index (Phi) is 4.69. The Morgan fingerprint density at radius 1 is 1.05 bits per heavy atom. The van der Waals surface area contributed by atoms with Gasteiger partial charge in [0.05, 0.1) is 22.2 Å². The zero-order valence-electron chi connectivity index (χ0n) is 11.3. The fraction of sp³-hybridized carbons (Fsp3) is 0.188. The fourth-order valence-electron chi connectivity index (χ4n) is 1.90. The molecular weight excluding hydrogens is 293 g/mol. The number of anilines is 1. The molecule has 0 radical (unpaired) electrons. The number of hydrogen-bond donors (Lipinski definition) is 1. The van der Waals surface area contributed by atoms with Crippen LogP contribution in [-0.2, 0) is 11.2 Å². The predicted octanol–water partition coefficient (Wildman–Crippen LogP) is 4.79. The van der Waals surface area contributed by atoms with Crippen molar-refractivity contribution in [2.75, 3.05) is 5.32 Å². The van der Waals surface area contributed by atoms with Crippen LogP contribution in [0.1, 0.15) is 16.7 Å². The minimum atomic E-state index is -0.136. The number of carbonyl (C=O) groups is 1. The van der Waals surface area contributed by atoms with E-state index in [1.165, 1.54) is 11.1 Å². The lowest BCUT2D eigenvalue weighted by atomic mass is 10.0. The van der Waals surface area contributed by atoms with Crippen molar-refractivity contribution in [1.29, 1.82) is 0 Å². The van der Waals surface area contributed by atoms with Gasteiger partial charge in [0.1, 0.15) is 0 Å². The lowest BCUT2D eigenvalue weighted by Gasteiger charge is -2.10. The van der Waals surface area contributed by atoms with Gasteiger partial charge in [-0.1, -0.05) is 47.5 Å². The first-order valence-electron chi connectivity index (χ1n) is 6.27. The lowest BCUT2D eigenvalue weighted by molar-refractivity contribution is -0.115. The van der Waals surface area contributed by atoms with Gasteiger partial charge in [-0.05, 0) is 42.7 Å². The van der Waals surface area contributed by atoms with Crippen LogP contribution in [-0.4, -0.2) is 5.91 Å². The third kappa shape index (κ3) is 3.53. The van der Waals surface area contributed by atoms with Gasteiger partial charge in [0.15, 0.2) is 0 Å². The highest BCUT2D eigenvalue weighted by atomic mass is 35.5. The van der Waals surface area contributed by atoms with Crippen LogP contribution in [0.2, 0.25) is 10.0 Å². The van der Waals surface area contributed by atoms with Gasteiger partial charge in [0.25, 0.3) is 0 Å². The molecule has 1 N–H and O–H groups in total. The summed E-state index contributed by atoms with van der Waals surface area (Å²) < 4.78 is 0. The number of halogens is 2. The molecule has 20 heavy (non-hydrogen) atoms. The summed E-state index contributed by atoms with van der Waals surface area (Å²) in [4.78, 5) is 12.1. The quantitative estimate of drug-likeness (QED) is 0.867. The van der Waals surface area contributed by atoms with Crippen molar-refractivity contribution >= 4 is 34.8 Å². The summed E-state index contributed by atoms with van der Waals surface area (Å²) in [6.45, 7) is 4.07. The van der Waals surface area contributed by atoms with E-state index in [1.54, 1.807) is 18.2 Å². The van der Waals surface area contributed by atoms with Crippen LogP contribution in [0.3, 0.4) is 0 Å². The molecule has 4 heteroatoms. The van der Waals surface area contributed by atoms with E-state index in [0.717, 1.165) is 5.56 Å². The molecule has 2 rings (SSSR count). The van der Waals surface area contributed by atoms with E-state index in [1.807, 2.05) is 32.0 Å². The highest BCUT2D eigenvalue weighted by Crippen LogP contribution is 2.29. The van der Waals surface area contributed by atoms with E-state index in [0.29, 0.717) is 22.2 Å². The minimum absolute atomic E-state index is 0.136. The molecule has 0 aliphatic carbocycles. The third-order valence-electron chi connectivity index (χ3n) is 3.16. The molecule has 2 nitrogen and oxygen atoms in total. The summed E-state index contributed by atoms with van der Waals surface area (Å²) in [5.41, 5.74) is 3.81. The van der Waals surface area contributed by atoms with Crippen molar-refractivity contribution in [2.45, 2.75) is 20.3 Å². The molecule has 0 aliphatic heterocycles. The van der Waals surface area contributed by atoms with E-state index in [4.69, 9.17) is 23.2 Å². The van der Waals surface area contributed by atoms with Crippen molar-refractivity contribution in [2.24, 2.45) is 0 Å². The van der Waals surface area contributed by atoms with Crippen molar-refractivity contribution < 1.29 is 4.79 Å². The second-order valence-corrected chi connectivity index (χ2v) is 5.55. The summed E-state index contributed by atoms with van der Waals surface area (Å²) in [7, 11) is 0. The van der Waals surface area contributed by atoms with Crippen LogP contribution in [0.25, 0.3) is 0 Å². The van der Waals surface area contributed by atoms with Gasteiger partial charge < -0.3 is 5.32 Å². The summed E-state index contributed by atoms with van der Waals surface area (Å²) in [6, 6.07) is 11.1. The largest absolute Gasteiger partial charge is 0.323 e. The van der Waals surface area contributed by atoms with Gasteiger partial charge in [-0.15, -0.1) is 0 Å². The average molecular weight is 308 g/mol. The maximum Gasteiger partial charge on any atom is 0.228 e. The molecule has 0 spiro atoms. The maximum atomic E-state index is 12.1. The molecule has 2 aromatic carbocycles. The van der Waals surface area contributed by atoms with E-state index < -0.39 is 0 Å². The van der Waals surface area contributed by atoms with Crippen LogP contribution in [0.4, 0.5) is 5.69 Å². The zero-order valence-corrected chi connectivity index (χ0v) is 12.8. The number of para-hydroxylation sites is 1. The molecule has 0 saturated heterocycles. The van der Waals surface area contributed by atoms with E-state index in [-0.39, 0.29) is 5.91 Å². The first-order chi connectivity index (χ1) is 9.47. The van der Waals surface area contributed by atoms with Gasteiger partial charge in [0.2, 0.25) is 5.91 Å². The summed E-state index contributed by atoms with van der Waals surface area (Å²) in [6.07, 6.45) is 0.294. The van der Waals surface area contributed by atoms with Gasteiger partial charge in [-0.25, -0.2) is 0 Å². The Hall–Kier alpha value is -1.51. The maximum absolute atomic E-state index is 12.1. The molecule has 0 bridgehead atoms. The van der Waals surface area contributed by atoms with E-state index in [2.05, 4.69) is 5.32 Å². The van der Waals surface area contributed by atoms with E-state index >= 15 is 0 Å². The van der Waals surface area contributed by atoms with Gasteiger partial charge in [-0.3, -0.25) is 4.79 Å². The van der Waals surface area contributed by atoms with Crippen LogP contribution in [0.5, 0.6) is 0 Å². The highest BCUT2D eigenvalue weighted by molar-refractivity contribution is 6.39. The zero-order chi connectivity index (χ0) is 14.7. The lowest BCUT2D eigenvalue weighted by Crippen LogP contribution is -2.15. The predicted molar refractivity (Wildman–Crippen MR) is 84.7 cm³/mol. The number of amides is 1. The van der Waals surface area contributed by atoms with Crippen LogP contribution in [0, 0.1) is 13.8 Å². The Labute approximate surface area is 128 Å². The Bertz CT molecular complexity index is 633. The Morgan fingerprint density at radius 2 is 1.70 bits per heavy atom. The summed E-state index contributed by atoms with van der Waals surface area (Å²) in [5.74, 6) is -0.136. The molecule has 0 aliphatic rings. The molecule has 2 aromatic rings. The summed E-state index contributed by atoms with van der Waals surface area (Å²) >= 11 is 12.0. The minimum Gasteiger partial charge on any atom is -0.323 e. The number of nitrogens with one attached hydrogen (secondary N) is 1. The number of benzene rings is 2. The standard InChI is InChI=1S/C16H15Cl2NO/c1-10-6-7-12(8-11(10)2)9-15(20)19-16-13(17)4-3-5-14(16)18/h3-8H,9H2,1-2H3,(H,19,20). The number of rotatable bonds is 3. The summed E-state index contributed by atoms with van der Waals surface area (Å²) in [5, 5.41) is 3.63. The number of aryl methyl sites for hydroxylation is 2. The molecule has 0 aromatic heterocycles. The highest BCUT2D eigenvalue weighted by Gasteiger charge is 2.10. The second-order valence-electron chi connectivity index (χ2n) is 4.74. The number of hydrogen-bond acceptors (Lipinski definition) is 1. The Balaban J connectivity index is 2.11. The first kappa shape index (κ1) is 14.9. The molecule has 104 valence electrons. The molecule has 0 saturated carbocycles. The topological polar surface area (TPSA) is 29.1 Å². The van der Waals surface area contributed by atoms with Crippen molar-refractivity contribution in [1.82, 2.24) is 0 Å². The fourth-order valence-corrected chi connectivity index (χ4v) is 2.39. The molecule has 0 unspecified atom stereocenters. The molecule has 0 fully saturated rings. The van der Waals surface area contributed by atoms with Crippen molar-refractivity contribution in [3.05, 3.63) is 63.1 Å². The van der Waals surface area contributed by atoms with Crippen molar-refractivity contribution in [3.63, 3.8) is 0 Å². The average Bonchev–Trinajstić information content (AvgIpc) is 2.38. The normalized spacial score (nSPS) is 10.4. The Morgan fingerprint density at radius 3 is 2.30 bits per heavy atom.